The van der Waals surface area contributed by atoms with Crippen LogP contribution in [0.4, 0.5) is 8.78 Å². The molecule has 0 saturated carbocycles. The summed E-state index contributed by atoms with van der Waals surface area (Å²) < 4.78 is 34.8. The maximum atomic E-state index is 15.7. The second-order valence-electron chi connectivity index (χ2n) is 10.1. The topological polar surface area (TPSA) is 77.1 Å². The van der Waals surface area contributed by atoms with E-state index in [2.05, 4.69) is 17.0 Å². The van der Waals surface area contributed by atoms with Crippen LogP contribution in [-0.4, -0.2) is 36.2 Å². The van der Waals surface area contributed by atoms with Crippen molar-refractivity contribution in [1.29, 1.82) is 10.5 Å². The lowest BCUT2D eigenvalue weighted by atomic mass is 9.82. The zero-order valence-corrected chi connectivity index (χ0v) is 21.5. The Morgan fingerprint density at radius 1 is 1.05 bits per heavy atom. The largest absolute Gasteiger partial charge is 0.462 e. The molecule has 0 radical (unpaired) electrons. The van der Waals surface area contributed by atoms with Gasteiger partial charge in [-0.05, 0) is 85.3 Å². The van der Waals surface area contributed by atoms with E-state index in [9.17, 15) is 19.7 Å². The molecule has 0 aromatic heterocycles. The van der Waals surface area contributed by atoms with Gasteiger partial charge in [0, 0.05) is 19.5 Å². The fourth-order valence-corrected chi connectivity index (χ4v) is 5.27. The lowest BCUT2D eigenvalue weighted by molar-refractivity contribution is 0.0237. The molecule has 1 heterocycles. The maximum absolute atomic E-state index is 15.7. The third kappa shape index (κ3) is 6.43. The van der Waals surface area contributed by atoms with Gasteiger partial charge in [0.25, 0.3) is 0 Å². The van der Waals surface area contributed by atoms with Gasteiger partial charge in [-0.2, -0.15) is 10.5 Å². The fourth-order valence-electron chi connectivity index (χ4n) is 5.27. The molecule has 0 aliphatic carbocycles. The number of carbonyl (C=O) groups is 1. The minimum absolute atomic E-state index is 0.0169. The number of nitrogens with zero attached hydrogens (tertiary/aromatic N) is 3. The predicted molar refractivity (Wildman–Crippen MR) is 139 cm³/mol. The molecule has 5 nitrogen and oxygen atoms in total. The van der Waals surface area contributed by atoms with Crippen LogP contribution in [-0.2, 0) is 11.2 Å². The Labute approximate surface area is 221 Å². The molecule has 0 amide bonds. The summed E-state index contributed by atoms with van der Waals surface area (Å²) in [6.45, 7) is 4.66. The van der Waals surface area contributed by atoms with Gasteiger partial charge >= 0.3 is 5.97 Å². The number of rotatable bonds is 9. The molecule has 3 aromatic carbocycles. The van der Waals surface area contributed by atoms with Crippen molar-refractivity contribution >= 4 is 5.97 Å². The van der Waals surface area contributed by atoms with E-state index in [4.69, 9.17) is 4.74 Å². The molecule has 1 aliphatic rings. The smallest absolute Gasteiger partial charge is 0.338 e. The first-order chi connectivity index (χ1) is 18.2. The zero-order valence-electron chi connectivity index (χ0n) is 21.5. The summed E-state index contributed by atoms with van der Waals surface area (Å²) >= 11 is 0. The first kappa shape index (κ1) is 27.0. The van der Waals surface area contributed by atoms with Gasteiger partial charge in [0.05, 0.1) is 41.5 Å². The summed E-state index contributed by atoms with van der Waals surface area (Å²) in [6.07, 6.45) is 0.268. The molecular weight excluding hydrogens is 484 g/mol. The summed E-state index contributed by atoms with van der Waals surface area (Å²) in [5.74, 6) is -1.14. The average molecular weight is 514 g/mol. The van der Waals surface area contributed by atoms with Gasteiger partial charge < -0.3 is 4.74 Å². The SMILES string of the molecule is CCOC(=O)c1cc(F)cc(CC(C)(F)CC2CN(C(c3ccc(C#N)cc3)c3cccc(C#N)c3)C2)c1. The predicted octanol–water partition coefficient (Wildman–Crippen LogP) is 6.13. The van der Waals surface area contributed by atoms with E-state index in [1.165, 1.54) is 19.1 Å². The molecule has 4 rings (SSSR count). The minimum Gasteiger partial charge on any atom is -0.462 e. The first-order valence-electron chi connectivity index (χ1n) is 12.6. The number of halogens is 2. The van der Waals surface area contributed by atoms with Gasteiger partial charge in [0.2, 0.25) is 0 Å². The van der Waals surface area contributed by atoms with Crippen LogP contribution in [0.25, 0.3) is 0 Å². The van der Waals surface area contributed by atoms with E-state index < -0.39 is 17.5 Å². The third-order valence-corrected chi connectivity index (χ3v) is 6.79. The van der Waals surface area contributed by atoms with Gasteiger partial charge in [-0.1, -0.05) is 24.3 Å². The minimum atomic E-state index is -1.60. The highest BCUT2D eigenvalue weighted by Gasteiger charge is 2.39. The van der Waals surface area contributed by atoms with Gasteiger partial charge in [0.15, 0.2) is 0 Å². The van der Waals surface area contributed by atoms with Crippen molar-refractivity contribution in [3.63, 3.8) is 0 Å². The third-order valence-electron chi connectivity index (χ3n) is 6.79. The number of hydrogen-bond acceptors (Lipinski definition) is 5. The van der Waals surface area contributed by atoms with Crippen molar-refractivity contribution < 1.29 is 18.3 Å². The van der Waals surface area contributed by atoms with E-state index >= 15 is 4.39 Å². The number of hydrogen-bond donors (Lipinski definition) is 0. The number of benzene rings is 3. The Hall–Kier alpha value is -4.07. The van der Waals surface area contributed by atoms with Crippen LogP contribution in [0.2, 0.25) is 0 Å². The number of alkyl halides is 1. The quantitative estimate of drug-likeness (QED) is 0.322. The lowest BCUT2D eigenvalue weighted by Gasteiger charge is -2.46. The van der Waals surface area contributed by atoms with Crippen LogP contribution in [0.3, 0.4) is 0 Å². The van der Waals surface area contributed by atoms with Crippen LogP contribution in [0.1, 0.15) is 64.5 Å². The van der Waals surface area contributed by atoms with Crippen molar-refractivity contribution in [2.45, 2.75) is 38.4 Å². The molecule has 1 aliphatic heterocycles. The van der Waals surface area contributed by atoms with E-state index in [1.54, 1.807) is 25.1 Å². The Balaban J connectivity index is 1.47. The number of nitriles is 2. The monoisotopic (exact) mass is 513 g/mol. The molecule has 3 aromatic rings. The average Bonchev–Trinajstić information content (AvgIpc) is 2.87. The Bertz CT molecular complexity index is 1380. The molecule has 0 N–H and O–H groups in total. The van der Waals surface area contributed by atoms with Crippen molar-refractivity contribution in [2.24, 2.45) is 5.92 Å². The van der Waals surface area contributed by atoms with Crippen LogP contribution in [0, 0.1) is 34.4 Å². The summed E-state index contributed by atoms with van der Waals surface area (Å²) in [5.41, 5.74) is 1.98. The molecule has 1 fully saturated rings. The van der Waals surface area contributed by atoms with Crippen LogP contribution in [0.5, 0.6) is 0 Å². The summed E-state index contributed by atoms with van der Waals surface area (Å²) in [6, 6.07) is 22.9. The second kappa shape index (κ2) is 11.5. The molecular formula is C31H29F2N3O2. The summed E-state index contributed by atoms with van der Waals surface area (Å²) in [5, 5.41) is 18.6. The molecule has 1 saturated heterocycles. The molecule has 0 spiro atoms. The second-order valence-corrected chi connectivity index (χ2v) is 10.1. The Morgan fingerprint density at radius 2 is 1.76 bits per heavy atom. The summed E-state index contributed by atoms with van der Waals surface area (Å²) in [7, 11) is 0. The highest BCUT2D eigenvalue weighted by molar-refractivity contribution is 5.89. The highest BCUT2D eigenvalue weighted by Crippen LogP contribution is 2.38. The molecule has 38 heavy (non-hydrogen) atoms. The van der Waals surface area contributed by atoms with Crippen LogP contribution >= 0.6 is 0 Å². The maximum Gasteiger partial charge on any atom is 0.338 e. The Morgan fingerprint density at radius 3 is 2.42 bits per heavy atom. The van der Waals surface area contributed by atoms with Gasteiger partial charge in [-0.15, -0.1) is 0 Å². The standard InChI is InChI=1S/C31H29F2N3O2/c1-3-38-30(37)27-12-23(13-28(32)14-27)15-31(2,33)16-24-19-36(20-24)29(25-9-7-21(17-34)8-10-25)26-6-4-5-22(11-26)18-35/h4-14,24,29H,3,15-16,19-20H2,1-2H3. The highest BCUT2D eigenvalue weighted by atomic mass is 19.1. The summed E-state index contributed by atoms with van der Waals surface area (Å²) in [4.78, 5) is 14.3. The van der Waals surface area contributed by atoms with Gasteiger partial charge in [-0.3, -0.25) is 4.90 Å². The number of likely N-dealkylation sites (tertiary alicyclic amines) is 1. The number of esters is 1. The molecule has 7 heteroatoms. The zero-order chi connectivity index (χ0) is 27.3. The molecule has 2 unspecified atom stereocenters. The number of ether oxygens (including phenoxy) is 1. The fraction of sp³-hybridized carbons (Fsp3) is 0.323. The van der Waals surface area contributed by atoms with E-state index in [0.29, 0.717) is 29.8 Å². The molecule has 194 valence electrons. The van der Waals surface area contributed by atoms with Crippen molar-refractivity contribution in [3.05, 3.63) is 106 Å². The number of carbonyl (C=O) groups excluding carboxylic acids is 1. The lowest BCUT2D eigenvalue weighted by Crippen LogP contribution is -2.50. The van der Waals surface area contributed by atoms with Gasteiger partial charge in [-0.25, -0.2) is 13.6 Å². The van der Waals surface area contributed by atoms with E-state index in [-0.39, 0.29) is 37.0 Å². The molecule has 0 bridgehead atoms. The van der Waals surface area contributed by atoms with Gasteiger partial charge in [0.1, 0.15) is 11.5 Å². The van der Waals surface area contributed by atoms with E-state index in [1.807, 2.05) is 30.3 Å². The Kier molecular flexibility index (Phi) is 8.20. The van der Waals surface area contributed by atoms with Crippen LogP contribution < -0.4 is 0 Å². The van der Waals surface area contributed by atoms with Crippen molar-refractivity contribution in [1.82, 2.24) is 4.90 Å². The molecule has 2 atom stereocenters. The van der Waals surface area contributed by atoms with Crippen molar-refractivity contribution in [3.8, 4) is 12.1 Å². The van der Waals surface area contributed by atoms with Crippen LogP contribution in [0.15, 0.2) is 66.7 Å². The first-order valence-corrected chi connectivity index (χ1v) is 12.6. The van der Waals surface area contributed by atoms with Crippen molar-refractivity contribution in [2.75, 3.05) is 19.7 Å². The van der Waals surface area contributed by atoms with E-state index in [0.717, 1.165) is 17.2 Å². The normalized spacial score (nSPS) is 15.9.